The summed E-state index contributed by atoms with van der Waals surface area (Å²) in [7, 11) is 0. The van der Waals surface area contributed by atoms with E-state index in [4.69, 9.17) is 16.0 Å². The molecule has 0 aliphatic heterocycles. The van der Waals surface area contributed by atoms with Crippen LogP contribution in [0.3, 0.4) is 0 Å². The molecule has 0 bridgehead atoms. The smallest absolute Gasteiger partial charge is 0.270 e. The fourth-order valence-corrected chi connectivity index (χ4v) is 1.77. The van der Waals surface area contributed by atoms with E-state index in [0.29, 0.717) is 18.1 Å². The van der Waals surface area contributed by atoms with Gasteiger partial charge in [0.1, 0.15) is 0 Å². The van der Waals surface area contributed by atoms with Crippen LogP contribution in [0.1, 0.15) is 11.1 Å². The van der Waals surface area contributed by atoms with Crippen LogP contribution in [-0.2, 0) is 13.1 Å². The van der Waals surface area contributed by atoms with E-state index in [1.165, 1.54) is 12.1 Å². The van der Waals surface area contributed by atoms with Gasteiger partial charge in [0, 0.05) is 30.8 Å². The van der Waals surface area contributed by atoms with E-state index in [1.54, 1.807) is 18.6 Å². The van der Waals surface area contributed by atoms with Crippen molar-refractivity contribution in [3.63, 3.8) is 0 Å². The fourth-order valence-electron chi connectivity index (χ4n) is 1.53. The fraction of sp³-hybridized carbons (Fsp3) is 0.167. The SMILES string of the molecule is O=[N+]([O-])c1ccc(CNCc2ccoc2)c(Cl)c1. The zero-order valence-electron chi connectivity index (χ0n) is 9.43. The number of furan rings is 1. The Labute approximate surface area is 109 Å². The molecule has 5 nitrogen and oxygen atoms in total. The second kappa shape index (κ2) is 5.66. The van der Waals surface area contributed by atoms with Gasteiger partial charge < -0.3 is 9.73 Å². The molecule has 0 saturated carbocycles. The van der Waals surface area contributed by atoms with Gasteiger partial charge in [0.2, 0.25) is 0 Å². The molecule has 0 aliphatic rings. The summed E-state index contributed by atoms with van der Waals surface area (Å²) in [6.45, 7) is 1.20. The van der Waals surface area contributed by atoms with Crippen LogP contribution in [0.2, 0.25) is 5.02 Å². The van der Waals surface area contributed by atoms with Gasteiger partial charge in [-0.15, -0.1) is 0 Å². The van der Waals surface area contributed by atoms with E-state index in [1.807, 2.05) is 6.07 Å². The lowest BCUT2D eigenvalue weighted by Crippen LogP contribution is -2.12. The van der Waals surface area contributed by atoms with Crippen molar-refractivity contribution in [1.82, 2.24) is 5.32 Å². The lowest BCUT2D eigenvalue weighted by molar-refractivity contribution is -0.384. The monoisotopic (exact) mass is 266 g/mol. The Morgan fingerprint density at radius 1 is 1.33 bits per heavy atom. The molecular formula is C12H11ClN2O3. The van der Waals surface area contributed by atoms with Gasteiger partial charge >= 0.3 is 0 Å². The topological polar surface area (TPSA) is 68.3 Å². The molecule has 0 amide bonds. The number of rotatable bonds is 5. The predicted octanol–water partition coefficient (Wildman–Crippen LogP) is 3.13. The van der Waals surface area contributed by atoms with Gasteiger partial charge in [-0.05, 0) is 17.7 Å². The van der Waals surface area contributed by atoms with Gasteiger partial charge in [0.05, 0.1) is 22.5 Å². The van der Waals surface area contributed by atoms with Crippen LogP contribution in [0.15, 0.2) is 41.2 Å². The minimum Gasteiger partial charge on any atom is -0.472 e. The first kappa shape index (κ1) is 12.6. The van der Waals surface area contributed by atoms with Gasteiger partial charge in [-0.2, -0.15) is 0 Å². The van der Waals surface area contributed by atoms with Gasteiger partial charge in [-0.3, -0.25) is 10.1 Å². The van der Waals surface area contributed by atoms with Crippen molar-refractivity contribution in [1.29, 1.82) is 0 Å². The average molecular weight is 267 g/mol. The van der Waals surface area contributed by atoms with Gasteiger partial charge in [-0.1, -0.05) is 11.6 Å². The Morgan fingerprint density at radius 3 is 2.78 bits per heavy atom. The van der Waals surface area contributed by atoms with Crippen LogP contribution in [0.5, 0.6) is 0 Å². The van der Waals surface area contributed by atoms with E-state index >= 15 is 0 Å². The predicted molar refractivity (Wildman–Crippen MR) is 67.4 cm³/mol. The highest BCUT2D eigenvalue weighted by atomic mass is 35.5. The van der Waals surface area contributed by atoms with Crippen molar-refractivity contribution in [3.8, 4) is 0 Å². The molecule has 6 heteroatoms. The van der Waals surface area contributed by atoms with Crippen molar-refractivity contribution in [3.05, 3.63) is 63.1 Å². The van der Waals surface area contributed by atoms with Crippen molar-refractivity contribution in [2.24, 2.45) is 0 Å². The molecule has 2 rings (SSSR count). The summed E-state index contributed by atoms with van der Waals surface area (Å²) >= 11 is 5.97. The van der Waals surface area contributed by atoms with Crippen LogP contribution >= 0.6 is 11.6 Å². The zero-order valence-corrected chi connectivity index (χ0v) is 10.2. The van der Waals surface area contributed by atoms with Crippen molar-refractivity contribution in [2.75, 3.05) is 0 Å². The lowest BCUT2D eigenvalue weighted by atomic mass is 10.2. The number of non-ortho nitro benzene ring substituents is 1. The van der Waals surface area contributed by atoms with E-state index in [0.717, 1.165) is 11.1 Å². The van der Waals surface area contributed by atoms with Gasteiger partial charge in [0.15, 0.2) is 0 Å². The maximum atomic E-state index is 10.6. The molecule has 0 saturated heterocycles. The number of nitro groups is 1. The molecule has 1 N–H and O–H groups in total. The number of nitrogens with zero attached hydrogens (tertiary/aromatic N) is 1. The number of halogens is 1. The van der Waals surface area contributed by atoms with Crippen LogP contribution in [0, 0.1) is 10.1 Å². The van der Waals surface area contributed by atoms with Crippen molar-refractivity contribution in [2.45, 2.75) is 13.1 Å². The van der Waals surface area contributed by atoms with Crippen LogP contribution in [-0.4, -0.2) is 4.92 Å². The number of hydrogen-bond donors (Lipinski definition) is 1. The normalized spacial score (nSPS) is 10.5. The maximum Gasteiger partial charge on any atom is 0.270 e. The third-order valence-corrected chi connectivity index (χ3v) is 2.82. The third-order valence-electron chi connectivity index (χ3n) is 2.47. The second-order valence-corrected chi connectivity index (χ2v) is 4.18. The molecule has 0 aliphatic carbocycles. The van der Waals surface area contributed by atoms with Gasteiger partial charge in [-0.25, -0.2) is 0 Å². The average Bonchev–Trinajstić information content (AvgIpc) is 2.84. The summed E-state index contributed by atoms with van der Waals surface area (Å²) < 4.78 is 4.94. The molecule has 94 valence electrons. The summed E-state index contributed by atoms with van der Waals surface area (Å²) in [5.41, 5.74) is 1.86. The first-order valence-electron chi connectivity index (χ1n) is 5.31. The molecule has 1 aromatic carbocycles. The number of nitro benzene ring substituents is 1. The molecule has 2 aromatic rings. The summed E-state index contributed by atoms with van der Waals surface area (Å²) in [5.74, 6) is 0. The summed E-state index contributed by atoms with van der Waals surface area (Å²) in [4.78, 5) is 10.1. The third kappa shape index (κ3) is 3.09. The second-order valence-electron chi connectivity index (χ2n) is 3.77. The quantitative estimate of drug-likeness (QED) is 0.667. The Hall–Kier alpha value is -1.85. The van der Waals surface area contributed by atoms with Crippen LogP contribution in [0.4, 0.5) is 5.69 Å². The number of hydrogen-bond acceptors (Lipinski definition) is 4. The molecule has 0 spiro atoms. The Morgan fingerprint density at radius 2 is 2.17 bits per heavy atom. The minimum absolute atomic E-state index is 0.00131. The maximum absolute atomic E-state index is 10.6. The van der Waals surface area contributed by atoms with E-state index in [2.05, 4.69) is 5.32 Å². The Bertz CT molecular complexity index is 540. The Balaban J connectivity index is 1.95. The van der Waals surface area contributed by atoms with E-state index in [-0.39, 0.29) is 5.69 Å². The highest BCUT2D eigenvalue weighted by Gasteiger charge is 2.08. The summed E-state index contributed by atoms with van der Waals surface area (Å²) in [5, 5.41) is 14.1. The first-order valence-corrected chi connectivity index (χ1v) is 5.69. The molecule has 18 heavy (non-hydrogen) atoms. The summed E-state index contributed by atoms with van der Waals surface area (Å²) in [6, 6.07) is 6.32. The molecule has 0 unspecified atom stereocenters. The molecule has 1 aromatic heterocycles. The standard InChI is InChI=1S/C12H11ClN2O3/c13-12-5-11(15(16)17)2-1-10(12)7-14-6-9-3-4-18-8-9/h1-5,8,14H,6-7H2. The van der Waals surface area contributed by atoms with Crippen LogP contribution < -0.4 is 5.32 Å². The van der Waals surface area contributed by atoms with Crippen molar-refractivity contribution < 1.29 is 9.34 Å². The largest absolute Gasteiger partial charge is 0.472 e. The molecule has 0 radical (unpaired) electrons. The van der Waals surface area contributed by atoms with E-state index in [9.17, 15) is 10.1 Å². The highest BCUT2D eigenvalue weighted by molar-refractivity contribution is 6.31. The van der Waals surface area contributed by atoms with Crippen molar-refractivity contribution >= 4 is 17.3 Å². The van der Waals surface area contributed by atoms with Crippen LogP contribution in [0.25, 0.3) is 0 Å². The Kier molecular flexibility index (Phi) is 3.96. The highest BCUT2D eigenvalue weighted by Crippen LogP contribution is 2.22. The first-order chi connectivity index (χ1) is 8.66. The van der Waals surface area contributed by atoms with E-state index < -0.39 is 4.92 Å². The molecular weight excluding hydrogens is 256 g/mol. The number of nitrogens with one attached hydrogen (secondary N) is 1. The molecule has 0 fully saturated rings. The van der Waals surface area contributed by atoms with Gasteiger partial charge in [0.25, 0.3) is 5.69 Å². The zero-order chi connectivity index (χ0) is 13.0. The minimum atomic E-state index is -0.464. The molecule has 1 heterocycles. The number of benzene rings is 1. The summed E-state index contributed by atoms with van der Waals surface area (Å²) in [6.07, 6.45) is 3.26. The lowest BCUT2D eigenvalue weighted by Gasteiger charge is -2.05. The molecule has 0 atom stereocenters.